The average Bonchev–Trinajstić information content (AvgIpc) is 2.86. The summed E-state index contributed by atoms with van der Waals surface area (Å²) < 4.78 is 5.30. The second-order valence-electron chi connectivity index (χ2n) is 6.67. The molecule has 0 N–H and O–H groups in total. The van der Waals surface area contributed by atoms with Crippen LogP contribution in [0, 0.1) is 5.92 Å². The molecule has 1 aromatic heterocycles. The largest absolute Gasteiger partial charge is 0.443 e. The second-order valence-corrected chi connectivity index (χ2v) is 7.04. The van der Waals surface area contributed by atoms with Gasteiger partial charge in [-0.2, -0.15) is 12.6 Å². The number of rotatable bonds is 3. The number of nitrogens with zero attached hydrogens (tertiary/aromatic N) is 3. The summed E-state index contributed by atoms with van der Waals surface area (Å²) in [5, 5.41) is 0. The zero-order chi connectivity index (χ0) is 17.2. The van der Waals surface area contributed by atoms with Crippen LogP contribution in [0.1, 0.15) is 27.2 Å². The SMILES string of the molecule is CN(C(=O)OC(C)(C)C)c1ccc(N2CC(CS)CC2=O)cn1. The summed E-state index contributed by atoms with van der Waals surface area (Å²) in [4.78, 5) is 31.4. The van der Waals surface area contributed by atoms with E-state index in [0.29, 0.717) is 24.5 Å². The van der Waals surface area contributed by atoms with Crippen molar-refractivity contribution in [3.63, 3.8) is 0 Å². The normalized spacial score (nSPS) is 18.2. The van der Waals surface area contributed by atoms with E-state index >= 15 is 0 Å². The number of pyridine rings is 1. The Bertz CT molecular complexity index is 583. The lowest BCUT2D eigenvalue weighted by molar-refractivity contribution is -0.117. The Morgan fingerprint density at radius 1 is 1.48 bits per heavy atom. The van der Waals surface area contributed by atoms with Crippen LogP contribution in [0.5, 0.6) is 0 Å². The Balaban J connectivity index is 2.07. The molecular weight excluding hydrogens is 314 g/mol. The maximum atomic E-state index is 12.0. The summed E-state index contributed by atoms with van der Waals surface area (Å²) in [6.07, 6.45) is 1.66. The fourth-order valence-electron chi connectivity index (χ4n) is 2.31. The van der Waals surface area contributed by atoms with E-state index in [0.717, 1.165) is 5.69 Å². The van der Waals surface area contributed by atoms with E-state index in [2.05, 4.69) is 17.6 Å². The van der Waals surface area contributed by atoms with Crippen LogP contribution < -0.4 is 9.80 Å². The smallest absolute Gasteiger partial charge is 0.415 e. The lowest BCUT2D eigenvalue weighted by Gasteiger charge is -2.24. The molecular formula is C16H23N3O3S. The van der Waals surface area contributed by atoms with Gasteiger partial charge in [0.2, 0.25) is 5.91 Å². The van der Waals surface area contributed by atoms with Crippen molar-refractivity contribution in [2.24, 2.45) is 5.92 Å². The fraction of sp³-hybridized carbons (Fsp3) is 0.562. The molecule has 2 amide bonds. The highest BCUT2D eigenvalue weighted by Gasteiger charge is 2.30. The summed E-state index contributed by atoms with van der Waals surface area (Å²) in [7, 11) is 1.61. The number of hydrogen-bond donors (Lipinski definition) is 1. The Morgan fingerprint density at radius 3 is 2.65 bits per heavy atom. The minimum atomic E-state index is -0.560. The van der Waals surface area contributed by atoms with Gasteiger partial charge in [-0.1, -0.05) is 0 Å². The molecule has 23 heavy (non-hydrogen) atoms. The van der Waals surface area contributed by atoms with Gasteiger partial charge in [0.25, 0.3) is 0 Å². The molecule has 1 atom stereocenters. The van der Waals surface area contributed by atoms with Crippen molar-refractivity contribution in [2.75, 3.05) is 29.1 Å². The molecule has 0 radical (unpaired) electrons. The minimum Gasteiger partial charge on any atom is -0.443 e. The van der Waals surface area contributed by atoms with Crippen LogP contribution in [0.25, 0.3) is 0 Å². The first-order valence-electron chi connectivity index (χ1n) is 7.55. The molecule has 0 aromatic carbocycles. The van der Waals surface area contributed by atoms with Gasteiger partial charge in [-0.15, -0.1) is 0 Å². The molecule has 1 saturated heterocycles. The Labute approximate surface area is 142 Å². The van der Waals surface area contributed by atoms with Gasteiger partial charge in [0, 0.05) is 20.0 Å². The third-order valence-electron chi connectivity index (χ3n) is 3.52. The maximum absolute atomic E-state index is 12.0. The van der Waals surface area contributed by atoms with Crippen LogP contribution in [-0.2, 0) is 9.53 Å². The quantitative estimate of drug-likeness (QED) is 0.862. The number of carbonyl (C=O) groups excluding carboxylic acids is 2. The van der Waals surface area contributed by atoms with Crippen molar-refractivity contribution in [2.45, 2.75) is 32.8 Å². The Morgan fingerprint density at radius 2 is 2.17 bits per heavy atom. The zero-order valence-electron chi connectivity index (χ0n) is 13.9. The molecule has 0 spiro atoms. The topological polar surface area (TPSA) is 62.7 Å². The fourth-order valence-corrected chi connectivity index (χ4v) is 2.56. The molecule has 1 aliphatic heterocycles. The van der Waals surface area contributed by atoms with Gasteiger partial charge >= 0.3 is 6.09 Å². The number of anilines is 2. The highest BCUT2D eigenvalue weighted by Crippen LogP contribution is 2.26. The zero-order valence-corrected chi connectivity index (χ0v) is 14.8. The van der Waals surface area contributed by atoms with E-state index in [-0.39, 0.29) is 11.8 Å². The molecule has 1 unspecified atom stereocenters. The molecule has 2 rings (SSSR count). The van der Waals surface area contributed by atoms with E-state index in [1.54, 1.807) is 30.3 Å². The molecule has 0 aliphatic carbocycles. The van der Waals surface area contributed by atoms with Gasteiger partial charge < -0.3 is 9.64 Å². The van der Waals surface area contributed by atoms with E-state index in [4.69, 9.17) is 4.74 Å². The highest BCUT2D eigenvalue weighted by molar-refractivity contribution is 7.80. The number of hydrogen-bond acceptors (Lipinski definition) is 5. The van der Waals surface area contributed by atoms with Crippen LogP contribution >= 0.6 is 12.6 Å². The van der Waals surface area contributed by atoms with Gasteiger partial charge in [-0.25, -0.2) is 9.78 Å². The maximum Gasteiger partial charge on any atom is 0.415 e. The molecule has 126 valence electrons. The molecule has 7 heteroatoms. The van der Waals surface area contributed by atoms with Crippen molar-refractivity contribution < 1.29 is 14.3 Å². The molecule has 1 fully saturated rings. The van der Waals surface area contributed by atoms with E-state index in [1.165, 1.54) is 4.90 Å². The molecule has 0 saturated carbocycles. The number of aromatic nitrogens is 1. The van der Waals surface area contributed by atoms with Crippen molar-refractivity contribution in [1.29, 1.82) is 0 Å². The number of carbonyl (C=O) groups is 2. The third kappa shape index (κ3) is 4.37. The van der Waals surface area contributed by atoms with Crippen LogP contribution in [0.3, 0.4) is 0 Å². The Hall–Kier alpha value is -1.76. The summed E-state index contributed by atoms with van der Waals surface area (Å²) in [6, 6.07) is 3.50. The van der Waals surface area contributed by atoms with E-state index < -0.39 is 11.7 Å². The lowest BCUT2D eigenvalue weighted by atomic mass is 10.1. The molecule has 1 aliphatic rings. The molecule has 2 heterocycles. The molecule has 6 nitrogen and oxygen atoms in total. The first kappa shape index (κ1) is 17.6. The van der Waals surface area contributed by atoms with Crippen LogP contribution in [0.2, 0.25) is 0 Å². The van der Waals surface area contributed by atoms with Gasteiger partial charge in [0.15, 0.2) is 0 Å². The summed E-state index contributed by atoms with van der Waals surface area (Å²) in [5.41, 5.74) is 0.176. The van der Waals surface area contributed by atoms with Crippen molar-refractivity contribution in [3.8, 4) is 0 Å². The lowest BCUT2D eigenvalue weighted by Crippen LogP contribution is -2.34. The molecule has 1 aromatic rings. The van der Waals surface area contributed by atoms with Crippen molar-refractivity contribution in [1.82, 2.24) is 4.98 Å². The van der Waals surface area contributed by atoms with Gasteiger partial charge in [-0.3, -0.25) is 9.69 Å². The summed E-state index contributed by atoms with van der Waals surface area (Å²) >= 11 is 4.26. The first-order chi connectivity index (χ1) is 10.7. The second kappa shape index (κ2) is 6.78. The first-order valence-corrected chi connectivity index (χ1v) is 8.18. The summed E-state index contributed by atoms with van der Waals surface area (Å²) in [5.74, 6) is 1.52. The minimum absolute atomic E-state index is 0.0825. The van der Waals surface area contributed by atoms with Gasteiger partial charge in [-0.05, 0) is 44.6 Å². The monoisotopic (exact) mass is 337 g/mol. The van der Waals surface area contributed by atoms with Crippen molar-refractivity contribution in [3.05, 3.63) is 18.3 Å². The highest BCUT2D eigenvalue weighted by atomic mass is 32.1. The Kier molecular flexibility index (Phi) is 5.19. The van der Waals surface area contributed by atoms with Gasteiger partial charge in [0.05, 0.1) is 11.9 Å². The number of amides is 2. The third-order valence-corrected chi connectivity index (χ3v) is 4.03. The predicted octanol–water partition coefficient (Wildman–Crippen LogP) is 2.74. The van der Waals surface area contributed by atoms with Crippen LogP contribution in [-0.4, -0.2) is 41.9 Å². The standard InChI is InChI=1S/C16H23N3O3S/c1-16(2,3)22-15(21)18(4)13-6-5-12(8-17-13)19-9-11(10-23)7-14(19)20/h5-6,8,11,23H,7,9-10H2,1-4H3. The number of ether oxygens (including phenoxy) is 1. The molecule has 0 bridgehead atoms. The number of thiol groups is 1. The van der Waals surface area contributed by atoms with Crippen LogP contribution in [0.15, 0.2) is 18.3 Å². The average molecular weight is 337 g/mol. The van der Waals surface area contributed by atoms with Crippen molar-refractivity contribution >= 4 is 36.1 Å². The predicted molar refractivity (Wildman–Crippen MR) is 93.2 cm³/mol. The summed E-state index contributed by atoms with van der Waals surface area (Å²) in [6.45, 7) is 6.09. The van der Waals surface area contributed by atoms with E-state index in [1.807, 2.05) is 20.8 Å². The van der Waals surface area contributed by atoms with E-state index in [9.17, 15) is 9.59 Å². The van der Waals surface area contributed by atoms with Crippen LogP contribution in [0.4, 0.5) is 16.3 Å². The van der Waals surface area contributed by atoms with Gasteiger partial charge in [0.1, 0.15) is 11.4 Å².